The van der Waals surface area contributed by atoms with Gasteiger partial charge in [0.2, 0.25) is 5.88 Å². The lowest BCUT2D eigenvalue weighted by Crippen LogP contribution is -2.30. The standard InChI is InChI=1S/C26H27N7O/c1-14(9-16-10-21-20(30-11-16)5-4-7-28-21)31-25-22(15(2)33-12-18-19(13-33)23(18)27)17-6-8-29-26(34-3)24(17)32-25/h4-8,10-11,18-19,23H,1,9,12-13,27H2,2-3H3,(H,31,32)/b22-15+. The van der Waals surface area contributed by atoms with E-state index in [1.807, 2.05) is 24.4 Å². The van der Waals surface area contributed by atoms with Crippen molar-refractivity contribution in [3.63, 3.8) is 0 Å². The first-order valence-electron chi connectivity index (χ1n) is 11.5. The van der Waals surface area contributed by atoms with Crippen LogP contribution in [-0.2, 0) is 6.42 Å². The largest absolute Gasteiger partial charge is 0.479 e. The molecule has 1 aliphatic carbocycles. The summed E-state index contributed by atoms with van der Waals surface area (Å²) in [5.41, 5.74) is 13.8. The fourth-order valence-corrected chi connectivity index (χ4v) is 5.20. The zero-order valence-electron chi connectivity index (χ0n) is 19.3. The molecule has 1 saturated carbocycles. The van der Waals surface area contributed by atoms with Crippen molar-refractivity contribution in [3.8, 4) is 5.88 Å². The molecule has 34 heavy (non-hydrogen) atoms. The van der Waals surface area contributed by atoms with Gasteiger partial charge in [0.25, 0.3) is 0 Å². The summed E-state index contributed by atoms with van der Waals surface area (Å²) in [5.74, 6) is 2.48. The average molecular weight is 454 g/mol. The Morgan fingerprint density at radius 1 is 1.18 bits per heavy atom. The minimum Gasteiger partial charge on any atom is -0.479 e. The number of ether oxygens (including phenoxy) is 1. The molecule has 5 heterocycles. The van der Waals surface area contributed by atoms with Crippen LogP contribution in [0, 0.1) is 11.8 Å². The number of nitrogens with two attached hydrogens (primary N) is 1. The molecule has 8 nitrogen and oxygen atoms in total. The number of hydrogen-bond donors (Lipinski definition) is 2. The Kier molecular flexibility index (Phi) is 4.84. The Bertz CT molecular complexity index is 1370. The van der Waals surface area contributed by atoms with Gasteiger partial charge in [0.05, 0.1) is 18.1 Å². The molecule has 3 aromatic rings. The Balaban J connectivity index is 1.29. The van der Waals surface area contributed by atoms with Gasteiger partial charge in [-0.1, -0.05) is 6.58 Å². The Morgan fingerprint density at radius 3 is 2.79 bits per heavy atom. The zero-order chi connectivity index (χ0) is 23.4. The van der Waals surface area contributed by atoms with E-state index in [0.29, 0.717) is 30.2 Å². The molecule has 6 rings (SSSR count). The van der Waals surface area contributed by atoms with Crippen molar-refractivity contribution in [2.24, 2.45) is 22.6 Å². The predicted molar refractivity (Wildman–Crippen MR) is 133 cm³/mol. The second kappa shape index (κ2) is 7.92. The van der Waals surface area contributed by atoms with E-state index >= 15 is 0 Å². The van der Waals surface area contributed by atoms with Crippen LogP contribution in [0.4, 0.5) is 5.69 Å². The number of pyridine rings is 3. The quantitative estimate of drug-likeness (QED) is 0.612. The molecule has 172 valence electrons. The van der Waals surface area contributed by atoms with Gasteiger partial charge in [0, 0.05) is 66.7 Å². The average Bonchev–Trinajstić information content (AvgIpc) is 3.19. The maximum Gasteiger partial charge on any atom is 0.240 e. The number of aromatic nitrogens is 3. The Morgan fingerprint density at radius 2 is 2.00 bits per heavy atom. The van der Waals surface area contributed by atoms with Crippen LogP contribution in [0.15, 0.2) is 65.8 Å². The Labute approximate surface area is 198 Å². The number of amidine groups is 1. The number of piperidine rings is 1. The predicted octanol–water partition coefficient (Wildman–Crippen LogP) is 3.04. The van der Waals surface area contributed by atoms with Crippen molar-refractivity contribution >= 4 is 28.1 Å². The SMILES string of the molecule is C=C(Cc1cnc2cccnc2c1)NC1=Nc2c(ccnc2OC)/C1=C(/C)N1CC2C(N)C2C1. The Hall–Kier alpha value is -3.78. The van der Waals surface area contributed by atoms with E-state index in [0.717, 1.165) is 58.0 Å². The van der Waals surface area contributed by atoms with Gasteiger partial charge in [-0.3, -0.25) is 9.97 Å². The zero-order valence-corrected chi connectivity index (χ0v) is 19.3. The van der Waals surface area contributed by atoms with Crippen LogP contribution in [0.25, 0.3) is 16.6 Å². The van der Waals surface area contributed by atoms with E-state index in [2.05, 4.69) is 44.7 Å². The van der Waals surface area contributed by atoms with Crippen LogP contribution < -0.4 is 15.8 Å². The highest BCUT2D eigenvalue weighted by Crippen LogP contribution is 2.47. The number of nitrogens with zero attached hydrogens (tertiary/aromatic N) is 5. The van der Waals surface area contributed by atoms with Crippen molar-refractivity contribution < 1.29 is 4.74 Å². The number of hydrogen-bond acceptors (Lipinski definition) is 8. The first kappa shape index (κ1) is 20.8. The van der Waals surface area contributed by atoms with Crippen LogP contribution in [0.2, 0.25) is 0 Å². The van der Waals surface area contributed by atoms with Gasteiger partial charge in [0.1, 0.15) is 11.5 Å². The highest BCUT2D eigenvalue weighted by atomic mass is 16.5. The minimum absolute atomic E-state index is 0.352. The lowest BCUT2D eigenvalue weighted by molar-refractivity contribution is 0.374. The summed E-state index contributed by atoms with van der Waals surface area (Å²) in [6.07, 6.45) is 6.03. The summed E-state index contributed by atoms with van der Waals surface area (Å²) in [6.45, 7) is 8.42. The number of aliphatic imine (C=N–C) groups is 1. The molecule has 3 N–H and O–H groups in total. The van der Waals surface area contributed by atoms with E-state index in [9.17, 15) is 0 Å². The fraction of sp³-hybridized carbons (Fsp3) is 0.308. The number of fused-ring (bicyclic) bond motifs is 3. The molecule has 2 unspecified atom stereocenters. The van der Waals surface area contributed by atoms with Crippen molar-refractivity contribution in [1.29, 1.82) is 0 Å². The second-order valence-electron chi connectivity index (χ2n) is 9.24. The molecule has 3 aromatic heterocycles. The van der Waals surface area contributed by atoms with Crippen molar-refractivity contribution in [1.82, 2.24) is 25.2 Å². The summed E-state index contributed by atoms with van der Waals surface area (Å²) in [4.78, 5) is 20.6. The van der Waals surface area contributed by atoms with Crippen LogP contribution in [0.3, 0.4) is 0 Å². The van der Waals surface area contributed by atoms with E-state index in [-0.39, 0.29) is 0 Å². The van der Waals surface area contributed by atoms with Crippen LogP contribution in [0.5, 0.6) is 5.88 Å². The van der Waals surface area contributed by atoms with Gasteiger partial charge in [-0.25, -0.2) is 9.98 Å². The van der Waals surface area contributed by atoms with Gasteiger partial charge in [-0.05, 0) is 48.6 Å². The van der Waals surface area contributed by atoms with Gasteiger partial charge in [-0.2, -0.15) is 0 Å². The van der Waals surface area contributed by atoms with Crippen LogP contribution >= 0.6 is 0 Å². The fourth-order valence-electron chi connectivity index (χ4n) is 5.20. The third-order valence-electron chi connectivity index (χ3n) is 7.13. The van der Waals surface area contributed by atoms with E-state index in [1.165, 1.54) is 5.70 Å². The maximum atomic E-state index is 6.18. The smallest absolute Gasteiger partial charge is 0.240 e. The maximum absolute atomic E-state index is 6.18. The van der Waals surface area contributed by atoms with Gasteiger partial charge >= 0.3 is 0 Å². The molecule has 3 aliphatic rings. The minimum atomic E-state index is 0.352. The van der Waals surface area contributed by atoms with Crippen molar-refractivity contribution in [2.75, 3.05) is 20.2 Å². The molecular weight excluding hydrogens is 426 g/mol. The number of methoxy groups -OCH3 is 1. The van der Waals surface area contributed by atoms with E-state index in [4.69, 9.17) is 15.5 Å². The lowest BCUT2D eigenvalue weighted by atomic mass is 10.0. The third kappa shape index (κ3) is 3.42. The van der Waals surface area contributed by atoms with Crippen LogP contribution in [0.1, 0.15) is 18.1 Å². The second-order valence-corrected chi connectivity index (χ2v) is 9.24. The molecule has 2 aliphatic heterocycles. The molecule has 0 bridgehead atoms. The molecule has 0 aromatic carbocycles. The molecule has 1 saturated heterocycles. The molecular formula is C26H27N7O. The molecule has 8 heteroatoms. The normalized spacial score (nSPS) is 23.9. The topological polar surface area (TPSA) is 102 Å². The van der Waals surface area contributed by atoms with E-state index in [1.54, 1.807) is 19.5 Å². The first-order valence-corrected chi connectivity index (χ1v) is 11.5. The summed E-state index contributed by atoms with van der Waals surface area (Å²) >= 11 is 0. The van der Waals surface area contributed by atoms with Gasteiger partial charge in [-0.15, -0.1) is 0 Å². The van der Waals surface area contributed by atoms with Gasteiger partial charge < -0.3 is 20.7 Å². The monoisotopic (exact) mass is 453 g/mol. The molecule has 2 atom stereocenters. The van der Waals surface area contributed by atoms with E-state index < -0.39 is 0 Å². The molecule has 2 fully saturated rings. The number of likely N-dealkylation sites (tertiary alicyclic amines) is 1. The summed E-state index contributed by atoms with van der Waals surface area (Å²) in [6, 6.07) is 8.25. The molecule has 0 radical (unpaired) electrons. The van der Waals surface area contributed by atoms with Crippen molar-refractivity contribution in [3.05, 3.63) is 72.0 Å². The van der Waals surface area contributed by atoms with Crippen molar-refractivity contribution in [2.45, 2.75) is 19.4 Å². The summed E-state index contributed by atoms with van der Waals surface area (Å²) in [7, 11) is 1.62. The van der Waals surface area contributed by atoms with Gasteiger partial charge in [0.15, 0.2) is 0 Å². The first-order chi connectivity index (χ1) is 16.5. The summed E-state index contributed by atoms with van der Waals surface area (Å²) < 4.78 is 5.50. The summed E-state index contributed by atoms with van der Waals surface area (Å²) in [5, 5.41) is 3.47. The highest BCUT2D eigenvalue weighted by Gasteiger charge is 2.54. The number of nitrogens with one attached hydrogen (secondary N) is 1. The van der Waals surface area contributed by atoms with Crippen LogP contribution in [-0.4, -0.2) is 51.9 Å². The molecule has 0 spiro atoms. The molecule has 0 amide bonds. The number of rotatable bonds is 5. The highest BCUT2D eigenvalue weighted by molar-refractivity contribution is 6.29. The third-order valence-corrected chi connectivity index (χ3v) is 7.13. The number of allylic oxidation sites excluding steroid dienone is 2. The lowest BCUT2D eigenvalue weighted by Gasteiger charge is -2.25.